The molecular weight excluding hydrogens is 271 g/mol. The number of nitrogens with zero attached hydrogens (tertiary/aromatic N) is 1. The van der Waals surface area contributed by atoms with Crippen molar-refractivity contribution in [3.05, 3.63) is 69.0 Å². The van der Waals surface area contributed by atoms with Crippen LogP contribution in [0.2, 0.25) is 0 Å². The van der Waals surface area contributed by atoms with E-state index >= 15 is 0 Å². The fraction of sp³-hybridized carbons (Fsp3) is 0.250. The number of anilines is 1. The molecule has 1 unspecified atom stereocenters. The Hall–Kier alpha value is -2.43. The van der Waals surface area contributed by atoms with E-state index in [1.54, 1.807) is 32.0 Å². The largest absolute Gasteiger partial charge is 0.378 e. The molecule has 0 radical (unpaired) electrons. The summed E-state index contributed by atoms with van der Waals surface area (Å²) in [5.74, 6) is -0.254. The van der Waals surface area contributed by atoms with Crippen molar-refractivity contribution in [1.29, 1.82) is 0 Å². The van der Waals surface area contributed by atoms with Gasteiger partial charge in [0, 0.05) is 23.4 Å². The zero-order chi connectivity index (χ0) is 15.6. The number of hydrogen-bond acceptors (Lipinski definition) is 3. The Bertz CT molecular complexity index is 686. The summed E-state index contributed by atoms with van der Waals surface area (Å²) in [6.07, 6.45) is 0. The number of nitrogens with one attached hydrogen (secondary N) is 1. The highest BCUT2D eigenvalue weighted by Crippen LogP contribution is 2.26. The molecule has 2 aromatic carbocycles. The maximum absolute atomic E-state index is 13.6. The Morgan fingerprint density at radius 2 is 1.81 bits per heavy atom. The number of halogens is 1. The second-order valence-corrected chi connectivity index (χ2v) is 5.13. The van der Waals surface area contributed by atoms with Gasteiger partial charge in [0.05, 0.1) is 4.92 Å². The molecule has 0 aliphatic heterocycles. The molecule has 0 saturated heterocycles. The smallest absolute Gasteiger partial charge is 0.274 e. The summed E-state index contributed by atoms with van der Waals surface area (Å²) in [6, 6.07) is 9.87. The Morgan fingerprint density at radius 1 is 1.14 bits per heavy atom. The van der Waals surface area contributed by atoms with E-state index in [0.29, 0.717) is 16.8 Å². The number of hydrogen-bond donors (Lipinski definition) is 1. The van der Waals surface area contributed by atoms with E-state index in [1.807, 2.05) is 13.0 Å². The molecule has 2 rings (SSSR count). The second kappa shape index (κ2) is 5.91. The summed E-state index contributed by atoms with van der Waals surface area (Å²) in [7, 11) is 0. The van der Waals surface area contributed by atoms with Crippen LogP contribution in [0.5, 0.6) is 0 Å². The molecule has 0 bridgehead atoms. The number of rotatable bonds is 4. The minimum absolute atomic E-state index is 0.0716. The van der Waals surface area contributed by atoms with Gasteiger partial charge in [-0.2, -0.15) is 0 Å². The first-order chi connectivity index (χ1) is 9.88. The van der Waals surface area contributed by atoms with Crippen LogP contribution in [0.4, 0.5) is 15.8 Å². The lowest BCUT2D eigenvalue weighted by Crippen LogP contribution is -2.07. The van der Waals surface area contributed by atoms with Gasteiger partial charge in [-0.3, -0.25) is 10.1 Å². The Kier molecular flexibility index (Phi) is 4.21. The monoisotopic (exact) mass is 288 g/mol. The Labute approximate surface area is 122 Å². The zero-order valence-corrected chi connectivity index (χ0v) is 12.2. The fourth-order valence-corrected chi connectivity index (χ4v) is 2.11. The van der Waals surface area contributed by atoms with E-state index in [9.17, 15) is 14.5 Å². The van der Waals surface area contributed by atoms with Crippen LogP contribution in [0.3, 0.4) is 0 Å². The van der Waals surface area contributed by atoms with Gasteiger partial charge < -0.3 is 5.32 Å². The zero-order valence-electron chi connectivity index (χ0n) is 12.2. The first kappa shape index (κ1) is 15.0. The topological polar surface area (TPSA) is 55.2 Å². The molecule has 5 heteroatoms. The first-order valence-electron chi connectivity index (χ1n) is 6.66. The van der Waals surface area contributed by atoms with Gasteiger partial charge in [0.1, 0.15) is 5.82 Å². The molecule has 0 aliphatic rings. The minimum Gasteiger partial charge on any atom is -0.378 e. The van der Waals surface area contributed by atoms with Crippen LogP contribution >= 0.6 is 0 Å². The lowest BCUT2D eigenvalue weighted by Gasteiger charge is -2.16. The normalized spacial score (nSPS) is 12.0. The minimum atomic E-state index is -0.406. The highest BCUT2D eigenvalue weighted by atomic mass is 19.1. The summed E-state index contributed by atoms with van der Waals surface area (Å²) in [4.78, 5) is 10.5. The predicted molar refractivity (Wildman–Crippen MR) is 81.0 cm³/mol. The molecule has 0 fully saturated rings. The molecular formula is C16H17FN2O2. The van der Waals surface area contributed by atoms with Crippen molar-refractivity contribution >= 4 is 11.4 Å². The average Bonchev–Trinajstić information content (AvgIpc) is 2.43. The Morgan fingerprint density at radius 3 is 2.43 bits per heavy atom. The molecule has 0 aliphatic carbocycles. The van der Waals surface area contributed by atoms with Gasteiger partial charge in [-0.25, -0.2) is 4.39 Å². The third-order valence-corrected chi connectivity index (χ3v) is 3.48. The van der Waals surface area contributed by atoms with Crippen molar-refractivity contribution in [1.82, 2.24) is 0 Å². The van der Waals surface area contributed by atoms with E-state index in [0.717, 1.165) is 5.56 Å². The van der Waals surface area contributed by atoms with E-state index < -0.39 is 4.92 Å². The lowest BCUT2D eigenvalue weighted by molar-refractivity contribution is -0.385. The fourth-order valence-electron chi connectivity index (χ4n) is 2.11. The predicted octanol–water partition coefficient (Wildman–Crippen LogP) is 4.52. The standard InChI is InChI=1S/C16H17FN2O2/c1-10-4-6-13(8-15(10)17)12(3)18-14-7-5-11(2)16(9-14)19(20)21/h4-9,12,18H,1-3H3. The maximum Gasteiger partial charge on any atom is 0.274 e. The van der Waals surface area contributed by atoms with Gasteiger partial charge in [0.25, 0.3) is 5.69 Å². The van der Waals surface area contributed by atoms with Crippen molar-refractivity contribution in [2.45, 2.75) is 26.8 Å². The quantitative estimate of drug-likeness (QED) is 0.664. The van der Waals surface area contributed by atoms with Gasteiger partial charge in [-0.15, -0.1) is 0 Å². The molecule has 21 heavy (non-hydrogen) atoms. The molecule has 2 aromatic rings. The highest BCUT2D eigenvalue weighted by Gasteiger charge is 2.13. The summed E-state index contributed by atoms with van der Waals surface area (Å²) in [5, 5.41) is 14.1. The van der Waals surface area contributed by atoms with Crippen molar-refractivity contribution in [2.75, 3.05) is 5.32 Å². The SMILES string of the molecule is Cc1ccc(C(C)Nc2ccc(C)c([N+](=O)[O-])c2)cc1F. The lowest BCUT2D eigenvalue weighted by atomic mass is 10.1. The summed E-state index contributed by atoms with van der Waals surface area (Å²) in [5.41, 5.74) is 2.71. The van der Waals surface area contributed by atoms with Crippen LogP contribution in [0, 0.1) is 29.8 Å². The molecule has 1 N–H and O–H groups in total. The molecule has 0 spiro atoms. The van der Waals surface area contributed by atoms with E-state index in [1.165, 1.54) is 12.1 Å². The molecule has 0 aromatic heterocycles. The third kappa shape index (κ3) is 3.37. The highest BCUT2D eigenvalue weighted by molar-refractivity contribution is 5.55. The van der Waals surface area contributed by atoms with Gasteiger partial charge in [-0.1, -0.05) is 18.2 Å². The van der Waals surface area contributed by atoms with Gasteiger partial charge >= 0.3 is 0 Å². The van der Waals surface area contributed by atoms with E-state index in [-0.39, 0.29) is 17.5 Å². The number of nitro groups is 1. The first-order valence-corrected chi connectivity index (χ1v) is 6.66. The van der Waals surface area contributed by atoms with Crippen LogP contribution in [0.15, 0.2) is 36.4 Å². The van der Waals surface area contributed by atoms with Crippen LogP contribution < -0.4 is 5.32 Å². The summed E-state index contributed by atoms with van der Waals surface area (Å²) < 4.78 is 13.6. The van der Waals surface area contributed by atoms with E-state index in [4.69, 9.17) is 0 Å². The van der Waals surface area contributed by atoms with Crippen molar-refractivity contribution in [3.8, 4) is 0 Å². The van der Waals surface area contributed by atoms with Crippen LogP contribution in [-0.2, 0) is 0 Å². The average molecular weight is 288 g/mol. The molecule has 0 amide bonds. The van der Waals surface area contributed by atoms with E-state index in [2.05, 4.69) is 5.32 Å². The van der Waals surface area contributed by atoms with Gasteiger partial charge in [0.2, 0.25) is 0 Å². The molecule has 0 heterocycles. The van der Waals surface area contributed by atoms with Gasteiger partial charge in [-0.05, 0) is 44.0 Å². The van der Waals surface area contributed by atoms with Crippen LogP contribution in [0.25, 0.3) is 0 Å². The molecule has 4 nitrogen and oxygen atoms in total. The van der Waals surface area contributed by atoms with Crippen molar-refractivity contribution < 1.29 is 9.31 Å². The second-order valence-electron chi connectivity index (χ2n) is 5.13. The number of benzene rings is 2. The third-order valence-electron chi connectivity index (χ3n) is 3.48. The molecule has 110 valence electrons. The van der Waals surface area contributed by atoms with Crippen molar-refractivity contribution in [2.24, 2.45) is 0 Å². The van der Waals surface area contributed by atoms with Gasteiger partial charge in [0.15, 0.2) is 0 Å². The maximum atomic E-state index is 13.6. The molecule has 0 saturated carbocycles. The molecule has 1 atom stereocenters. The summed E-state index contributed by atoms with van der Waals surface area (Å²) >= 11 is 0. The van der Waals surface area contributed by atoms with Crippen LogP contribution in [-0.4, -0.2) is 4.92 Å². The summed E-state index contributed by atoms with van der Waals surface area (Å²) in [6.45, 7) is 5.29. The van der Waals surface area contributed by atoms with Crippen LogP contribution in [0.1, 0.15) is 29.7 Å². The number of aryl methyl sites for hydroxylation is 2. The number of nitro benzene ring substituents is 1. The van der Waals surface area contributed by atoms with Crippen molar-refractivity contribution in [3.63, 3.8) is 0 Å². The Balaban J connectivity index is 2.23.